The van der Waals surface area contributed by atoms with Gasteiger partial charge in [-0.15, -0.1) is 0 Å². The van der Waals surface area contributed by atoms with Crippen molar-refractivity contribution in [1.29, 1.82) is 0 Å². The van der Waals surface area contributed by atoms with Gasteiger partial charge in [-0.1, -0.05) is 30.3 Å². The predicted octanol–water partition coefficient (Wildman–Crippen LogP) is 3.41. The Bertz CT molecular complexity index is 625. The van der Waals surface area contributed by atoms with Gasteiger partial charge in [0, 0.05) is 24.4 Å². The minimum absolute atomic E-state index is 0.100. The second-order valence-corrected chi connectivity index (χ2v) is 7.04. The number of nitrogens with one attached hydrogen (secondary N) is 1. The molecule has 0 radical (unpaired) electrons. The molecule has 1 saturated heterocycles. The smallest absolute Gasteiger partial charge is 0.223 e. The lowest BCUT2D eigenvalue weighted by atomic mass is 9.93. The average Bonchev–Trinajstić information content (AvgIpc) is 2.67. The highest BCUT2D eigenvalue weighted by Crippen LogP contribution is 2.24. The fourth-order valence-corrected chi connectivity index (χ4v) is 3.50. The van der Waals surface area contributed by atoms with Crippen LogP contribution in [-0.2, 0) is 4.79 Å². The lowest BCUT2D eigenvalue weighted by Crippen LogP contribution is -2.43. The van der Waals surface area contributed by atoms with Crippen molar-refractivity contribution in [1.82, 2.24) is 15.2 Å². The number of piperidine rings is 1. The Morgan fingerprint density at radius 1 is 1.04 bits per heavy atom. The number of amides is 1. The summed E-state index contributed by atoms with van der Waals surface area (Å²) in [7, 11) is 0. The predicted molar refractivity (Wildman–Crippen MR) is 100 cm³/mol. The van der Waals surface area contributed by atoms with Crippen LogP contribution in [-0.4, -0.2) is 34.9 Å². The highest BCUT2D eigenvalue weighted by atomic mass is 16.1. The molecular weight excluding hydrogens is 310 g/mol. The van der Waals surface area contributed by atoms with E-state index < -0.39 is 0 Å². The van der Waals surface area contributed by atoms with E-state index in [0.717, 1.165) is 37.1 Å². The molecule has 0 bridgehead atoms. The molecule has 1 aliphatic rings. The summed E-state index contributed by atoms with van der Waals surface area (Å²) >= 11 is 0. The van der Waals surface area contributed by atoms with Crippen molar-refractivity contribution in [3.05, 3.63) is 66.0 Å². The van der Waals surface area contributed by atoms with Crippen molar-refractivity contribution in [3.63, 3.8) is 0 Å². The van der Waals surface area contributed by atoms with E-state index in [1.54, 1.807) is 12.4 Å². The lowest BCUT2D eigenvalue weighted by Gasteiger charge is -2.34. The third-order valence-electron chi connectivity index (χ3n) is 5.09. The third-order valence-corrected chi connectivity index (χ3v) is 5.09. The maximum absolute atomic E-state index is 12.9. The van der Waals surface area contributed by atoms with Gasteiger partial charge >= 0.3 is 0 Å². The summed E-state index contributed by atoms with van der Waals surface area (Å²) in [4.78, 5) is 19.4. The first-order valence-corrected chi connectivity index (χ1v) is 9.14. The molecule has 4 nitrogen and oxygen atoms in total. The Kier molecular flexibility index (Phi) is 5.82. The number of nitrogens with zero attached hydrogens (tertiary/aromatic N) is 2. The van der Waals surface area contributed by atoms with Crippen LogP contribution in [0.3, 0.4) is 0 Å². The highest BCUT2D eigenvalue weighted by Gasteiger charge is 2.28. The molecule has 1 atom stereocenters. The molecule has 0 spiro atoms. The molecule has 1 aromatic heterocycles. The average molecular weight is 337 g/mol. The van der Waals surface area contributed by atoms with E-state index in [4.69, 9.17) is 0 Å². The van der Waals surface area contributed by atoms with Gasteiger partial charge in [0.15, 0.2) is 0 Å². The molecule has 0 unspecified atom stereocenters. The van der Waals surface area contributed by atoms with Gasteiger partial charge < -0.3 is 10.2 Å². The normalized spacial score (nSPS) is 17.4. The van der Waals surface area contributed by atoms with Crippen LogP contribution in [0.1, 0.15) is 43.9 Å². The summed E-state index contributed by atoms with van der Waals surface area (Å²) in [6.45, 7) is 6.44. The van der Waals surface area contributed by atoms with E-state index in [-0.39, 0.29) is 17.9 Å². The number of hydrogen-bond donors (Lipinski definition) is 1. The Labute approximate surface area is 150 Å². The van der Waals surface area contributed by atoms with Crippen molar-refractivity contribution in [2.24, 2.45) is 5.92 Å². The maximum atomic E-state index is 12.9. The second-order valence-electron chi connectivity index (χ2n) is 7.04. The fraction of sp³-hybridized carbons (Fsp3) is 0.429. The summed E-state index contributed by atoms with van der Waals surface area (Å²) in [5, 5.41) is 3.28. The van der Waals surface area contributed by atoms with Gasteiger partial charge in [-0.3, -0.25) is 9.78 Å². The molecule has 25 heavy (non-hydrogen) atoms. The van der Waals surface area contributed by atoms with Crippen LogP contribution in [0.4, 0.5) is 0 Å². The van der Waals surface area contributed by atoms with Gasteiger partial charge in [-0.05, 0) is 63.0 Å². The summed E-state index contributed by atoms with van der Waals surface area (Å²) in [5.74, 6) is 0.261. The van der Waals surface area contributed by atoms with Gasteiger partial charge in [0.25, 0.3) is 0 Å². The van der Waals surface area contributed by atoms with Gasteiger partial charge in [0.2, 0.25) is 5.91 Å². The molecular formula is C21H27N3O. The standard InChI is InChI=1S/C21H27N3O/c1-16(2)24-14-10-19(11-15-24)21(25)23-20(17-6-4-3-5-7-17)18-8-12-22-13-9-18/h3-9,12-13,16,19-20H,10-11,14-15H2,1-2H3,(H,23,25)/t20-/m1/s1. The van der Waals surface area contributed by atoms with Gasteiger partial charge in [-0.2, -0.15) is 0 Å². The summed E-state index contributed by atoms with van der Waals surface area (Å²) in [5.41, 5.74) is 2.16. The van der Waals surface area contributed by atoms with Crippen LogP contribution in [0.5, 0.6) is 0 Å². The van der Waals surface area contributed by atoms with Crippen molar-refractivity contribution in [2.45, 2.75) is 38.8 Å². The SMILES string of the molecule is CC(C)N1CCC(C(=O)N[C@H](c2ccccc2)c2ccncc2)CC1. The summed E-state index contributed by atoms with van der Waals surface area (Å²) in [6, 6.07) is 14.5. The molecule has 1 fully saturated rings. The first kappa shape index (κ1) is 17.6. The van der Waals surface area contributed by atoms with E-state index in [0.29, 0.717) is 6.04 Å². The largest absolute Gasteiger partial charge is 0.345 e. The second kappa shape index (κ2) is 8.26. The highest BCUT2D eigenvalue weighted by molar-refractivity contribution is 5.79. The van der Waals surface area contributed by atoms with E-state index in [2.05, 4.69) is 41.2 Å². The van der Waals surface area contributed by atoms with Crippen LogP contribution in [0.25, 0.3) is 0 Å². The molecule has 1 amide bonds. The van der Waals surface area contributed by atoms with Crippen LogP contribution in [0, 0.1) is 5.92 Å². The number of hydrogen-bond acceptors (Lipinski definition) is 3. The monoisotopic (exact) mass is 337 g/mol. The van der Waals surface area contributed by atoms with Gasteiger partial charge in [0.1, 0.15) is 0 Å². The number of carbonyl (C=O) groups is 1. The number of benzene rings is 1. The van der Waals surface area contributed by atoms with Crippen LogP contribution in [0.2, 0.25) is 0 Å². The molecule has 2 aromatic rings. The van der Waals surface area contributed by atoms with Crippen LogP contribution >= 0.6 is 0 Å². The van der Waals surface area contributed by atoms with Crippen LogP contribution in [0.15, 0.2) is 54.9 Å². The first-order chi connectivity index (χ1) is 12.1. The molecule has 1 aromatic carbocycles. The summed E-state index contributed by atoms with van der Waals surface area (Å²) in [6.07, 6.45) is 5.42. The van der Waals surface area contributed by atoms with E-state index in [9.17, 15) is 4.79 Å². The Morgan fingerprint density at radius 3 is 2.24 bits per heavy atom. The van der Waals surface area contributed by atoms with Crippen LogP contribution < -0.4 is 5.32 Å². The minimum Gasteiger partial charge on any atom is -0.345 e. The Hall–Kier alpha value is -2.20. The van der Waals surface area contributed by atoms with Crippen molar-refractivity contribution < 1.29 is 4.79 Å². The zero-order chi connectivity index (χ0) is 17.6. The molecule has 2 heterocycles. The first-order valence-electron chi connectivity index (χ1n) is 9.14. The molecule has 1 aliphatic heterocycles. The van der Waals surface area contributed by atoms with Crippen molar-refractivity contribution in [2.75, 3.05) is 13.1 Å². The molecule has 1 N–H and O–H groups in total. The minimum atomic E-state index is -0.125. The quantitative estimate of drug-likeness (QED) is 0.909. The molecule has 0 aliphatic carbocycles. The third kappa shape index (κ3) is 4.45. The zero-order valence-corrected chi connectivity index (χ0v) is 15.1. The number of aromatic nitrogens is 1. The topological polar surface area (TPSA) is 45.2 Å². The fourth-order valence-electron chi connectivity index (χ4n) is 3.50. The van der Waals surface area contributed by atoms with E-state index >= 15 is 0 Å². The van der Waals surface area contributed by atoms with Gasteiger partial charge in [0.05, 0.1) is 6.04 Å². The van der Waals surface area contributed by atoms with E-state index in [1.807, 2.05) is 30.3 Å². The van der Waals surface area contributed by atoms with Crippen molar-refractivity contribution in [3.8, 4) is 0 Å². The van der Waals surface area contributed by atoms with E-state index in [1.165, 1.54) is 0 Å². The lowest BCUT2D eigenvalue weighted by molar-refractivity contribution is -0.127. The zero-order valence-electron chi connectivity index (χ0n) is 15.1. The summed E-state index contributed by atoms with van der Waals surface area (Å²) < 4.78 is 0. The van der Waals surface area contributed by atoms with Crippen molar-refractivity contribution >= 4 is 5.91 Å². The molecule has 3 rings (SSSR count). The number of likely N-dealkylation sites (tertiary alicyclic amines) is 1. The number of pyridine rings is 1. The number of rotatable bonds is 5. The molecule has 0 saturated carbocycles. The maximum Gasteiger partial charge on any atom is 0.223 e. The number of carbonyl (C=O) groups excluding carboxylic acids is 1. The van der Waals surface area contributed by atoms with Gasteiger partial charge in [-0.25, -0.2) is 0 Å². The Morgan fingerprint density at radius 2 is 1.64 bits per heavy atom. The Balaban J connectivity index is 1.72. The molecule has 132 valence electrons. The molecule has 4 heteroatoms.